The van der Waals surface area contributed by atoms with E-state index in [1.807, 2.05) is 0 Å². The van der Waals surface area contributed by atoms with Gasteiger partial charge in [0.2, 0.25) is 0 Å². The van der Waals surface area contributed by atoms with E-state index in [1.54, 1.807) is 18.2 Å². The number of carbonyl (C=O) groups excluding carboxylic acids is 1. The van der Waals surface area contributed by atoms with Crippen LogP contribution in [0.3, 0.4) is 0 Å². The standard InChI is InChI=1S/C17H17F2NO4/c1-23-15-6-3-10(7-16(15)24-2)14(21)9-20-17(22)12-5-4-11(18)8-13(12)19/h3-8,14,21H,9H2,1-2H3,(H,20,22). The Balaban J connectivity index is 2.04. The molecule has 0 saturated carbocycles. The zero-order valence-electron chi connectivity index (χ0n) is 13.2. The second-order valence-corrected chi connectivity index (χ2v) is 4.96. The maximum absolute atomic E-state index is 13.5. The Labute approximate surface area is 137 Å². The van der Waals surface area contributed by atoms with Crippen LogP contribution in [0.5, 0.6) is 11.5 Å². The van der Waals surface area contributed by atoms with Crippen LogP contribution >= 0.6 is 0 Å². The molecule has 2 rings (SSSR count). The topological polar surface area (TPSA) is 67.8 Å². The number of ether oxygens (including phenoxy) is 2. The summed E-state index contributed by atoms with van der Waals surface area (Å²) >= 11 is 0. The van der Waals surface area contributed by atoms with Crippen LogP contribution < -0.4 is 14.8 Å². The molecule has 0 heterocycles. The highest BCUT2D eigenvalue weighted by atomic mass is 19.1. The van der Waals surface area contributed by atoms with Crippen molar-refractivity contribution in [3.63, 3.8) is 0 Å². The smallest absolute Gasteiger partial charge is 0.254 e. The van der Waals surface area contributed by atoms with Gasteiger partial charge in [-0.25, -0.2) is 8.78 Å². The first-order valence-electron chi connectivity index (χ1n) is 7.09. The summed E-state index contributed by atoms with van der Waals surface area (Å²) < 4.78 is 36.6. The molecule has 0 fully saturated rings. The van der Waals surface area contributed by atoms with E-state index in [2.05, 4.69) is 5.32 Å². The maximum Gasteiger partial charge on any atom is 0.254 e. The summed E-state index contributed by atoms with van der Waals surface area (Å²) in [6.45, 7) is -0.148. The van der Waals surface area contributed by atoms with Crippen molar-refractivity contribution >= 4 is 5.91 Å². The molecule has 128 valence electrons. The van der Waals surface area contributed by atoms with Crippen molar-refractivity contribution < 1.29 is 28.2 Å². The van der Waals surface area contributed by atoms with Crippen LogP contribution in [0, 0.1) is 11.6 Å². The molecule has 1 atom stereocenters. The second kappa shape index (κ2) is 7.74. The van der Waals surface area contributed by atoms with Gasteiger partial charge >= 0.3 is 0 Å². The third-order valence-corrected chi connectivity index (χ3v) is 3.42. The van der Waals surface area contributed by atoms with Gasteiger partial charge in [0.15, 0.2) is 11.5 Å². The van der Waals surface area contributed by atoms with Crippen molar-refractivity contribution in [1.82, 2.24) is 5.32 Å². The number of rotatable bonds is 6. The maximum atomic E-state index is 13.5. The molecule has 0 saturated heterocycles. The Bertz CT molecular complexity index is 737. The van der Waals surface area contributed by atoms with Crippen LogP contribution in [0.1, 0.15) is 22.0 Å². The first kappa shape index (κ1) is 17.7. The molecule has 0 spiro atoms. The fraction of sp³-hybridized carbons (Fsp3) is 0.235. The highest BCUT2D eigenvalue weighted by molar-refractivity contribution is 5.94. The van der Waals surface area contributed by atoms with Gasteiger partial charge in [-0.2, -0.15) is 0 Å². The molecule has 24 heavy (non-hydrogen) atoms. The predicted octanol–water partition coefficient (Wildman–Crippen LogP) is 2.45. The van der Waals surface area contributed by atoms with Crippen molar-refractivity contribution in [3.05, 3.63) is 59.2 Å². The van der Waals surface area contributed by atoms with Gasteiger partial charge in [0.1, 0.15) is 11.6 Å². The molecular formula is C17H17F2NO4. The summed E-state index contributed by atoms with van der Waals surface area (Å²) in [7, 11) is 2.96. The zero-order chi connectivity index (χ0) is 17.7. The molecule has 0 aliphatic heterocycles. The largest absolute Gasteiger partial charge is 0.493 e. The monoisotopic (exact) mass is 337 g/mol. The molecule has 5 nitrogen and oxygen atoms in total. The summed E-state index contributed by atoms with van der Waals surface area (Å²) in [6, 6.07) is 7.48. The van der Waals surface area contributed by atoms with Crippen LogP contribution in [-0.4, -0.2) is 31.8 Å². The number of nitrogens with one attached hydrogen (secondary N) is 1. The van der Waals surface area contributed by atoms with Gasteiger partial charge in [0.25, 0.3) is 5.91 Å². The summed E-state index contributed by atoms with van der Waals surface area (Å²) in [5.41, 5.74) is 0.198. The number of amides is 1. The lowest BCUT2D eigenvalue weighted by atomic mass is 10.1. The van der Waals surface area contributed by atoms with Crippen LogP contribution in [0.15, 0.2) is 36.4 Å². The fourth-order valence-corrected chi connectivity index (χ4v) is 2.14. The minimum Gasteiger partial charge on any atom is -0.493 e. The lowest BCUT2D eigenvalue weighted by Gasteiger charge is -2.15. The van der Waals surface area contributed by atoms with Crippen LogP contribution in [0.2, 0.25) is 0 Å². The molecule has 7 heteroatoms. The van der Waals surface area contributed by atoms with Crippen LogP contribution in [0.25, 0.3) is 0 Å². The van der Waals surface area contributed by atoms with E-state index in [1.165, 1.54) is 14.2 Å². The SMILES string of the molecule is COc1ccc(C(O)CNC(=O)c2ccc(F)cc2F)cc1OC. The van der Waals surface area contributed by atoms with Gasteiger partial charge in [0.05, 0.1) is 25.9 Å². The fourth-order valence-electron chi connectivity index (χ4n) is 2.14. The number of methoxy groups -OCH3 is 2. The Morgan fingerprint density at radius 3 is 2.46 bits per heavy atom. The number of hydrogen-bond donors (Lipinski definition) is 2. The molecule has 2 N–H and O–H groups in total. The highest BCUT2D eigenvalue weighted by Gasteiger charge is 2.16. The van der Waals surface area contributed by atoms with Crippen molar-refractivity contribution in [2.45, 2.75) is 6.10 Å². The molecule has 1 unspecified atom stereocenters. The molecular weight excluding hydrogens is 320 g/mol. The quantitative estimate of drug-likeness (QED) is 0.850. The van der Waals surface area contributed by atoms with E-state index in [9.17, 15) is 18.7 Å². The van der Waals surface area contributed by atoms with Gasteiger partial charge < -0.3 is 19.9 Å². The number of carbonyl (C=O) groups is 1. The lowest BCUT2D eigenvalue weighted by Crippen LogP contribution is -2.29. The Morgan fingerprint density at radius 1 is 1.12 bits per heavy atom. The number of halogens is 2. The minimum absolute atomic E-state index is 0.148. The van der Waals surface area contributed by atoms with Crippen molar-refractivity contribution in [2.24, 2.45) is 0 Å². The summed E-state index contributed by atoms with van der Waals surface area (Å²) in [6.07, 6.45) is -1.03. The molecule has 1 amide bonds. The van der Waals surface area contributed by atoms with Crippen LogP contribution in [-0.2, 0) is 0 Å². The molecule has 0 bridgehead atoms. The van der Waals surface area contributed by atoms with Gasteiger partial charge in [-0.1, -0.05) is 6.07 Å². The van der Waals surface area contributed by atoms with Crippen molar-refractivity contribution in [1.29, 1.82) is 0 Å². The summed E-state index contributed by atoms with van der Waals surface area (Å²) in [5, 5.41) is 12.5. The third kappa shape index (κ3) is 3.99. The van der Waals surface area contributed by atoms with E-state index in [-0.39, 0.29) is 12.1 Å². The molecule has 2 aromatic carbocycles. The Kier molecular flexibility index (Phi) is 5.70. The van der Waals surface area contributed by atoms with Gasteiger partial charge in [-0.05, 0) is 29.8 Å². The van der Waals surface area contributed by atoms with Gasteiger partial charge in [0, 0.05) is 12.6 Å². The van der Waals surface area contributed by atoms with E-state index in [4.69, 9.17) is 9.47 Å². The molecule has 0 aromatic heterocycles. The summed E-state index contributed by atoms with van der Waals surface area (Å²) in [5.74, 6) is -1.54. The Morgan fingerprint density at radius 2 is 1.83 bits per heavy atom. The molecule has 0 aliphatic carbocycles. The Hall–Kier alpha value is -2.67. The molecule has 0 aliphatic rings. The number of hydrogen-bond acceptors (Lipinski definition) is 4. The predicted molar refractivity (Wildman–Crippen MR) is 83.2 cm³/mol. The summed E-state index contributed by atoms with van der Waals surface area (Å²) in [4.78, 5) is 11.9. The first-order valence-corrected chi connectivity index (χ1v) is 7.09. The first-order chi connectivity index (χ1) is 11.5. The number of aliphatic hydroxyl groups excluding tert-OH is 1. The van der Waals surface area contributed by atoms with Gasteiger partial charge in [-0.3, -0.25) is 4.79 Å². The van der Waals surface area contributed by atoms with E-state index in [0.29, 0.717) is 23.1 Å². The third-order valence-electron chi connectivity index (χ3n) is 3.42. The zero-order valence-corrected chi connectivity index (χ0v) is 13.2. The number of benzene rings is 2. The van der Waals surface area contributed by atoms with E-state index < -0.39 is 23.6 Å². The minimum atomic E-state index is -1.03. The lowest BCUT2D eigenvalue weighted by molar-refractivity contribution is 0.0912. The number of aliphatic hydroxyl groups is 1. The van der Waals surface area contributed by atoms with Crippen molar-refractivity contribution in [2.75, 3.05) is 20.8 Å². The van der Waals surface area contributed by atoms with Crippen molar-refractivity contribution in [3.8, 4) is 11.5 Å². The average Bonchev–Trinajstić information content (AvgIpc) is 2.58. The van der Waals surface area contributed by atoms with Gasteiger partial charge in [-0.15, -0.1) is 0 Å². The van der Waals surface area contributed by atoms with E-state index in [0.717, 1.165) is 12.1 Å². The van der Waals surface area contributed by atoms with E-state index >= 15 is 0 Å². The normalized spacial score (nSPS) is 11.7. The molecule has 2 aromatic rings. The highest BCUT2D eigenvalue weighted by Crippen LogP contribution is 2.29. The van der Waals surface area contributed by atoms with Crippen LogP contribution in [0.4, 0.5) is 8.78 Å². The second-order valence-electron chi connectivity index (χ2n) is 4.96. The average molecular weight is 337 g/mol. The molecule has 0 radical (unpaired) electrons.